The third-order valence-corrected chi connectivity index (χ3v) is 5.79. The molecule has 1 fully saturated rings. The fourth-order valence-corrected chi connectivity index (χ4v) is 4.18. The fourth-order valence-electron chi connectivity index (χ4n) is 2.61. The molecule has 0 bridgehead atoms. The number of carbonyl (C=O) groups is 1. The average Bonchev–Trinajstić information content (AvgIpc) is 2.59. The smallest absolute Gasteiger partial charge is 0.251 e. The lowest BCUT2D eigenvalue weighted by atomic mass is 10.1. The van der Waals surface area contributed by atoms with E-state index in [2.05, 4.69) is 17.2 Å². The molecule has 1 amide bonds. The predicted octanol–water partition coefficient (Wildman–Crippen LogP) is 1.40. The van der Waals surface area contributed by atoms with Crippen molar-refractivity contribution in [3.05, 3.63) is 42.5 Å². The first-order valence-corrected chi connectivity index (χ1v) is 9.09. The minimum atomic E-state index is -3.59. The highest BCUT2D eigenvalue weighted by Gasteiger charge is 2.30. The largest absolute Gasteiger partial charge is 0.349 e. The molecule has 6 nitrogen and oxygen atoms in total. The van der Waals surface area contributed by atoms with E-state index in [1.54, 1.807) is 18.2 Å². The molecule has 2 rings (SSSR count). The van der Waals surface area contributed by atoms with Gasteiger partial charge in [0.05, 0.1) is 4.90 Å². The molecule has 1 aliphatic rings. The van der Waals surface area contributed by atoms with E-state index in [4.69, 9.17) is 0 Å². The maximum absolute atomic E-state index is 12.8. The maximum atomic E-state index is 12.8. The number of benzene rings is 1. The van der Waals surface area contributed by atoms with Gasteiger partial charge in [0.25, 0.3) is 5.91 Å². The van der Waals surface area contributed by atoms with Crippen LogP contribution in [-0.4, -0.2) is 51.4 Å². The molecule has 1 heterocycles. The third-order valence-electron chi connectivity index (χ3n) is 3.93. The Morgan fingerprint density at radius 2 is 2.21 bits per heavy atom. The quantitative estimate of drug-likeness (QED) is 0.739. The molecule has 24 heavy (non-hydrogen) atoms. The van der Waals surface area contributed by atoms with Crippen molar-refractivity contribution in [3.8, 4) is 0 Å². The Kier molecular flexibility index (Phi) is 7.89. The first-order valence-electron chi connectivity index (χ1n) is 7.65. The molecule has 0 radical (unpaired) electrons. The van der Waals surface area contributed by atoms with Gasteiger partial charge in [-0.15, -0.1) is 19.0 Å². The highest BCUT2D eigenvalue weighted by Crippen LogP contribution is 2.21. The number of amides is 1. The molecule has 1 aromatic rings. The van der Waals surface area contributed by atoms with Gasteiger partial charge in [0.15, 0.2) is 0 Å². The molecule has 1 aromatic carbocycles. The minimum absolute atomic E-state index is 0. The molecular weight excluding hydrogens is 350 g/mol. The molecule has 1 unspecified atom stereocenters. The van der Waals surface area contributed by atoms with E-state index < -0.39 is 10.0 Å². The first-order chi connectivity index (χ1) is 11.0. The van der Waals surface area contributed by atoms with Crippen LogP contribution in [0.15, 0.2) is 41.8 Å². The number of nitrogens with zero attached hydrogens (tertiary/aromatic N) is 1. The van der Waals surface area contributed by atoms with Gasteiger partial charge in [-0.25, -0.2) is 8.42 Å². The second-order valence-electron chi connectivity index (χ2n) is 5.52. The molecule has 0 aliphatic carbocycles. The van der Waals surface area contributed by atoms with Gasteiger partial charge < -0.3 is 10.6 Å². The SMILES string of the molecule is C=CCNC(=O)c1cccc(S(=O)(=O)N2CCCC(NC)C2)c1.Cl. The Bertz CT molecular complexity index is 679. The van der Waals surface area contributed by atoms with Crippen LogP contribution >= 0.6 is 12.4 Å². The molecule has 2 N–H and O–H groups in total. The van der Waals surface area contributed by atoms with Crippen molar-refractivity contribution in [1.82, 2.24) is 14.9 Å². The Hall–Kier alpha value is -1.41. The van der Waals surface area contributed by atoms with Crippen molar-refractivity contribution in [2.45, 2.75) is 23.8 Å². The molecular formula is C16H24ClN3O3S. The summed E-state index contributed by atoms with van der Waals surface area (Å²) in [6.45, 7) is 4.83. The lowest BCUT2D eigenvalue weighted by Gasteiger charge is -2.31. The van der Waals surface area contributed by atoms with E-state index in [0.717, 1.165) is 12.8 Å². The average molecular weight is 374 g/mol. The van der Waals surface area contributed by atoms with Crippen LogP contribution in [-0.2, 0) is 10.0 Å². The minimum Gasteiger partial charge on any atom is -0.349 e. The van der Waals surface area contributed by atoms with Crippen LogP contribution < -0.4 is 10.6 Å². The molecule has 1 aliphatic heterocycles. The van der Waals surface area contributed by atoms with E-state index in [1.807, 2.05) is 7.05 Å². The lowest BCUT2D eigenvalue weighted by Crippen LogP contribution is -2.46. The highest BCUT2D eigenvalue weighted by atomic mass is 35.5. The number of hydrogen-bond donors (Lipinski definition) is 2. The number of halogens is 1. The summed E-state index contributed by atoms with van der Waals surface area (Å²) in [5.41, 5.74) is 0.329. The van der Waals surface area contributed by atoms with Crippen molar-refractivity contribution in [2.24, 2.45) is 0 Å². The van der Waals surface area contributed by atoms with E-state index in [1.165, 1.54) is 16.4 Å². The molecule has 8 heteroatoms. The summed E-state index contributed by atoms with van der Waals surface area (Å²) < 4.78 is 27.1. The van der Waals surface area contributed by atoms with E-state index in [-0.39, 0.29) is 29.3 Å². The van der Waals surface area contributed by atoms with Crippen LogP contribution in [0.25, 0.3) is 0 Å². The predicted molar refractivity (Wildman–Crippen MR) is 97.1 cm³/mol. The monoisotopic (exact) mass is 373 g/mol. The second kappa shape index (κ2) is 9.17. The van der Waals surface area contributed by atoms with Crippen molar-refractivity contribution in [3.63, 3.8) is 0 Å². The summed E-state index contributed by atoms with van der Waals surface area (Å²) in [5, 5.41) is 5.78. The highest BCUT2D eigenvalue weighted by molar-refractivity contribution is 7.89. The number of carbonyl (C=O) groups excluding carboxylic acids is 1. The molecule has 0 aromatic heterocycles. The molecule has 1 atom stereocenters. The number of nitrogens with one attached hydrogen (secondary N) is 2. The van der Waals surface area contributed by atoms with Gasteiger partial charge in [-0.2, -0.15) is 4.31 Å². The molecule has 0 spiro atoms. The summed E-state index contributed by atoms with van der Waals surface area (Å²) >= 11 is 0. The van der Waals surface area contributed by atoms with E-state index in [0.29, 0.717) is 25.2 Å². The van der Waals surface area contributed by atoms with Crippen LogP contribution in [0, 0.1) is 0 Å². The Morgan fingerprint density at radius 1 is 1.46 bits per heavy atom. The van der Waals surface area contributed by atoms with Crippen LogP contribution in [0.4, 0.5) is 0 Å². The summed E-state index contributed by atoms with van der Waals surface area (Å²) in [7, 11) is -1.75. The first kappa shape index (κ1) is 20.6. The van der Waals surface area contributed by atoms with Crippen molar-refractivity contribution in [1.29, 1.82) is 0 Å². The zero-order chi connectivity index (χ0) is 16.9. The summed E-state index contributed by atoms with van der Waals surface area (Å²) in [6.07, 6.45) is 3.36. The second-order valence-corrected chi connectivity index (χ2v) is 7.46. The Balaban J connectivity index is 0.00000288. The number of likely N-dealkylation sites (N-methyl/N-ethyl adjacent to an activating group) is 1. The number of hydrogen-bond acceptors (Lipinski definition) is 4. The van der Waals surface area contributed by atoms with Crippen LogP contribution in [0.3, 0.4) is 0 Å². The summed E-state index contributed by atoms with van der Waals surface area (Å²) in [6, 6.07) is 6.32. The van der Waals surface area contributed by atoms with Gasteiger partial charge in [-0.1, -0.05) is 12.1 Å². The summed E-state index contributed by atoms with van der Waals surface area (Å²) in [5.74, 6) is -0.311. The van der Waals surface area contributed by atoms with Crippen molar-refractivity contribution < 1.29 is 13.2 Å². The molecule has 0 saturated carbocycles. The maximum Gasteiger partial charge on any atom is 0.251 e. The van der Waals surface area contributed by atoms with Gasteiger partial charge >= 0.3 is 0 Å². The van der Waals surface area contributed by atoms with Gasteiger partial charge in [-0.3, -0.25) is 4.79 Å². The van der Waals surface area contributed by atoms with E-state index >= 15 is 0 Å². The third kappa shape index (κ3) is 4.80. The number of piperidine rings is 1. The van der Waals surface area contributed by atoms with Crippen molar-refractivity contribution >= 4 is 28.3 Å². The topological polar surface area (TPSA) is 78.5 Å². The van der Waals surface area contributed by atoms with Gasteiger partial charge in [-0.05, 0) is 38.1 Å². The number of sulfonamides is 1. The fraction of sp³-hybridized carbons (Fsp3) is 0.438. The Labute approximate surface area is 149 Å². The van der Waals surface area contributed by atoms with E-state index in [9.17, 15) is 13.2 Å². The van der Waals surface area contributed by atoms with Crippen LogP contribution in [0.2, 0.25) is 0 Å². The zero-order valence-electron chi connectivity index (χ0n) is 13.7. The lowest BCUT2D eigenvalue weighted by molar-refractivity contribution is 0.0958. The number of rotatable bonds is 6. The zero-order valence-corrected chi connectivity index (χ0v) is 15.3. The van der Waals surface area contributed by atoms with Crippen LogP contribution in [0.5, 0.6) is 0 Å². The van der Waals surface area contributed by atoms with Gasteiger partial charge in [0, 0.05) is 31.2 Å². The standard InChI is InChI=1S/C16H23N3O3S.ClH/c1-3-9-18-16(20)13-6-4-8-15(11-13)23(21,22)19-10-5-7-14(12-19)17-2;/h3-4,6,8,11,14,17H,1,5,7,9-10,12H2,2H3,(H,18,20);1H. The Morgan fingerprint density at radius 3 is 2.88 bits per heavy atom. The van der Waals surface area contributed by atoms with Crippen molar-refractivity contribution in [2.75, 3.05) is 26.7 Å². The van der Waals surface area contributed by atoms with Crippen LogP contribution in [0.1, 0.15) is 23.2 Å². The van der Waals surface area contributed by atoms with Gasteiger partial charge in [0.2, 0.25) is 10.0 Å². The normalized spacial score (nSPS) is 18.5. The van der Waals surface area contributed by atoms with Gasteiger partial charge in [0.1, 0.15) is 0 Å². The summed E-state index contributed by atoms with van der Waals surface area (Å²) in [4.78, 5) is 12.1. The molecule has 1 saturated heterocycles. The molecule has 134 valence electrons.